The zero-order valence-electron chi connectivity index (χ0n) is 9.40. The Labute approximate surface area is 99.3 Å². The minimum absolute atomic E-state index is 0.217. The maximum Gasteiger partial charge on any atom is 0.123 e. The molecule has 2 rings (SSSR count). The third-order valence-electron chi connectivity index (χ3n) is 2.68. The first-order chi connectivity index (χ1) is 7.47. The van der Waals surface area contributed by atoms with Crippen molar-refractivity contribution in [1.29, 1.82) is 0 Å². The molecule has 1 heterocycles. The monoisotopic (exact) mass is 238 g/mol. The number of hydrogen-bond acceptors (Lipinski definition) is 3. The van der Waals surface area contributed by atoms with Gasteiger partial charge in [0.05, 0.1) is 5.71 Å². The van der Waals surface area contributed by atoms with Gasteiger partial charge < -0.3 is 5.73 Å². The fourth-order valence-corrected chi connectivity index (χ4v) is 2.53. The Morgan fingerprint density at radius 3 is 2.50 bits per heavy atom. The van der Waals surface area contributed by atoms with E-state index in [1.165, 1.54) is 24.1 Å². The van der Waals surface area contributed by atoms with Gasteiger partial charge in [0.25, 0.3) is 0 Å². The molecule has 4 heteroatoms. The van der Waals surface area contributed by atoms with Gasteiger partial charge in [-0.2, -0.15) is 0 Å². The molecule has 1 unspecified atom stereocenters. The van der Waals surface area contributed by atoms with Crippen LogP contribution in [0, 0.1) is 5.82 Å². The average molecular weight is 238 g/mol. The second-order valence-electron chi connectivity index (χ2n) is 4.66. The predicted octanol–water partition coefficient (Wildman–Crippen LogP) is 2.77. The van der Waals surface area contributed by atoms with Crippen molar-refractivity contribution in [3.63, 3.8) is 0 Å². The van der Waals surface area contributed by atoms with Gasteiger partial charge in [-0.3, -0.25) is 0 Å². The van der Waals surface area contributed by atoms with Crippen molar-refractivity contribution in [3.05, 3.63) is 35.6 Å². The second kappa shape index (κ2) is 4.18. The number of nitrogens with zero attached hydrogens (tertiary/aromatic N) is 1. The molecular formula is C12H15FN2S. The molecule has 0 bridgehead atoms. The van der Waals surface area contributed by atoms with E-state index in [9.17, 15) is 4.39 Å². The van der Waals surface area contributed by atoms with E-state index in [1.54, 1.807) is 12.1 Å². The van der Waals surface area contributed by atoms with Gasteiger partial charge >= 0.3 is 0 Å². The van der Waals surface area contributed by atoms with E-state index in [1.807, 2.05) is 13.8 Å². The van der Waals surface area contributed by atoms with E-state index in [-0.39, 0.29) is 11.4 Å². The third kappa shape index (κ3) is 2.44. The molecule has 1 aliphatic rings. The summed E-state index contributed by atoms with van der Waals surface area (Å²) < 4.78 is 17.2. The Hall–Kier alpha value is -0.870. The van der Waals surface area contributed by atoms with E-state index in [0.717, 1.165) is 17.7 Å². The first kappa shape index (κ1) is 11.6. The zero-order chi connectivity index (χ0) is 11.8. The van der Waals surface area contributed by atoms with Crippen LogP contribution in [0.3, 0.4) is 0 Å². The summed E-state index contributed by atoms with van der Waals surface area (Å²) >= 11 is 1.53. The van der Waals surface area contributed by atoms with Crippen LogP contribution in [0.2, 0.25) is 0 Å². The molecule has 0 amide bonds. The van der Waals surface area contributed by atoms with Crippen LogP contribution in [-0.4, -0.2) is 16.5 Å². The molecule has 0 aliphatic carbocycles. The van der Waals surface area contributed by atoms with Crippen LogP contribution in [0.15, 0.2) is 28.7 Å². The fraction of sp³-hybridized carbons (Fsp3) is 0.417. The molecule has 0 aromatic heterocycles. The lowest BCUT2D eigenvalue weighted by Gasteiger charge is -2.24. The second-order valence-corrected chi connectivity index (χ2v) is 5.63. The summed E-state index contributed by atoms with van der Waals surface area (Å²) in [5, 5.41) is 0.299. The van der Waals surface area contributed by atoms with Gasteiger partial charge in [-0.1, -0.05) is 12.1 Å². The number of halogens is 1. The Morgan fingerprint density at radius 2 is 2.00 bits per heavy atom. The SMILES string of the molecule is CC(C)(N)C1CC(c2ccc(F)cc2)=NS1. The molecule has 0 saturated carbocycles. The molecule has 16 heavy (non-hydrogen) atoms. The minimum Gasteiger partial charge on any atom is -0.325 e. The third-order valence-corrected chi connectivity index (χ3v) is 4.03. The van der Waals surface area contributed by atoms with Gasteiger partial charge in [0.2, 0.25) is 0 Å². The molecule has 0 spiro atoms. The van der Waals surface area contributed by atoms with Crippen molar-refractivity contribution < 1.29 is 4.39 Å². The summed E-state index contributed by atoms with van der Waals surface area (Å²) in [6, 6.07) is 6.45. The summed E-state index contributed by atoms with van der Waals surface area (Å²) in [7, 11) is 0. The van der Waals surface area contributed by atoms with Crippen LogP contribution in [0.25, 0.3) is 0 Å². The standard InChI is InChI=1S/C12H15FN2S/c1-12(2,14)11-7-10(15-16-11)8-3-5-9(13)6-4-8/h3-6,11H,7,14H2,1-2H3. The van der Waals surface area contributed by atoms with Gasteiger partial charge in [-0.05, 0) is 43.5 Å². The largest absolute Gasteiger partial charge is 0.325 e. The molecule has 1 aliphatic heterocycles. The van der Waals surface area contributed by atoms with Crippen molar-refractivity contribution in [3.8, 4) is 0 Å². The fourth-order valence-electron chi connectivity index (χ4n) is 1.59. The number of hydrogen-bond donors (Lipinski definition) is 1. The smallest absolute Gasteiger partial charge is 0.123 e. The molecule has 0 saturated heterocycles. The zero-order valence-corrected chi connectivity index (χ0v) is 10.2. The van der Waals surface area contributed by atoms with Gasteiger partial charge in [-0.15, -0.1) is 0 Å². The summed E-state index contributed by atoms with van der Waals surface area (Å²) in [6.07, 6.45) is 0.847. The molecule has 0 fully saturated rings. The predicted molar refractivity (Wildman–Crippen MR) is 67.2 cm³/mol. The van der Waals surface area contributed by atoms with Crippen molar-refractivity contribution in [2.75, 3.05) is 0 Å². The molecule has 86 valence electrons. The highest BCUT2D eigenvalue weighted by molar-refractivity contribution is 7.99. The lowest BCUT2D eigenvalue weighted by Crippen LogP contribution is -2.42. The molecule has 2 nitrogen and oxygen atoms in total. The maximum absolute atomic E-state index is 12.8. The first-order valence-electron chi connectivity index (χ1n) is 5.24. The van der Waals surface area contributed by atoms with E-state index >= 15 is 0 Å². The Balaban J connectivity index is 2.12. The Morgan fingerprint density at radius 1 is 1.38 bits per heavy atom. The van der Waals surface area contributed by atoms with Crippen molar-refractivity contribution in [2.45, 2.75) is 31.1 Å². The molecule has 0 radical (unpaired) electrons. The van der Waals surface area contributed by atoms with Gasteiger partial charge in [0.15, 0.2) is 0 Å². The van der Waals surface area contributed by atoms with Gasteiger partial charge in [0, 0.05) is 17.2 Å². The van der Waals surface area contributed by atoms with Gasteiger partial charge in [-0.25, -0.2) is 8.79 Å². The molecule has 2 N–H and O–H groups in total. The number of rotatable bonds is 2. The van der Waals surface area contributed by atoms with E-state index < -0.39 is 0 Å². The van der Waals surface area contributed by atoms with Crippen LogP contribution >= 0.6 is 11.9 Å². The number of benzene rings is 1. The lowest BCUT2D eigenvalue weighted by atomic mass is 9.95. The lowest BCUT2D eigenvalue weighted by molar-refractivity contribution is 0.504. The maximum atomic E-state index is 12.8. The summed E-state index contributed by atoms with van der Waals surface area (Å²) in [5.41, 5.74) is 7.81. The van der Waals surface area contributed by atoms with Crippen LogP contribution in [0.4, 0.5) is 4.39 Å². The highest BCUT2D eigenvalue weighted by atomic mass is 32.2. The van der Waals surface area contributed by atoms with Crippen LogP contribution in [0.5, 0.6) is 0 Å². The van der Waals surface area contributed by atoms with Gasteiger partial charge in [0.1, 0.15) is 5.82 Å². The summed E-state index contributed by atoms with van der Waals surface area (Å²) in [5.74, 6) is -0.217. The summed E-state index contributed by atoms with van der Waals surface area (Å²) in [6.45, 7) is 4.02. The molecule has 1 aromatic carbocycles. The van der Waals surface area contributed by atoms with E-state index in [2.05, 4.69) is 4.40 Å². The molecule has 1 atom stereocenters. The Bertz CT molecular complexity index is 406. The normalized spacial score (nSPS) is 21.0. The molecular weight excluding hydrogens is 223 g/mol. The summed E-state index contributed by atoms with van der Waals surface area (Å²) in [4.78, 5) is 0. The number of nitrogens with two attached hydrogens (primary N) is 1. The van der Waals surface area contributed by atoms with Crippen molar-refractivity contribution in [2.24, 2.45) is 10.1 Å². The first-order valence-corrected chi connectivity index (χ1v) is 6.08. The quantitative estimate of drug-likeness (QED) is 0.805. The highest BCUT2D eigenvalue weighted by Crippen LogP contribution is 2.33. The van der Waals surface area contributed by atoms with Crippen molar-refractivity contribution >= 4 is 17.7 Å². The average Bonchev–Trinajstić information content (AvgIpc) is 2.67. The topological polar surface area (TPSA) is 38.4 Å². The minimum atomic E-state index is -0.240. The molecule has 1 aromatic rings. The highest BCUT2D eigenvalue weighted by Gasteiger charge is 2.31. The Kier molecular flexibility index (Phi) is 3.04. The van der Waals surface area contributed by atoms with Crippen LogP contribution < -0.4 is 5.73 Å². The van der Waals surface area contributed by atoms with Crippen molar-refractivity contribution in [1.82, 2.24) is 0 Å². The van der Waals surface area contributed by atoms with Crippen LogP contribution in [-0.2, 0) is 0 Å². The van der Waals surface area contributed by atoms with Crippen LogP contribution in [0.1, 0.15) is 25.8 Å². The van der Waals surface area contributed by atoms with E-state index in [4.69, 9.17) is 5.73 Å². The van der Waals surface area contributed by atoms with E-state index in [0.29, 0.717) is 5.25 Å².